The van der Waals surface area contributed by atoms with Crippen molar-refractivity contribution < 1.29 is 18.7 Å². The molecule has 0 aliphatic heterocycles. The number of anilines is 1. The van der Waals surface area contributed by atoms with Crippen molar-refractivity contribution in [1.29, 1.82) is 0 Å². The SMILES string of the molecule is O=C(O)c1ccc(F)c(CNc2ccc(Cl)c(F)c2)c1. The van der Waals surface area contributed by atoms with Crippen LogP contribution in [0.25, 0.3) is 0 Å². The number of carbonyl (C=O) groups is 1. The Bertz CT molecular complexity index is 662. The van der Waals surface area contributed by atoms with Gasteiger partial charge in [-0.25, -0.2) is 13.6 Å². The first-order valence-electron chi connectivity index (χ1n) is 5.68. The number of benzene rings is 2. The van der Waals surface area contributed by atoms with E-state index in [-0.39, 0.29) is 22.7 Å². The number of rotatable bonds is 4. The van der Waals surface area contributed by atoms with Gasteiger partial charge in [-0.05, 0) is 36.4 Å². The largest absolute Gasteiger partial charge is 0.478 e. The molecule has 2 aromatic rings. The molecule has 0 saturated heterocycles. The van der Waals surface area contributed by atoms with E-state index in [2.05, 4.69) is 5.32 Å². The van der Waals surface area contributed by atoms with Crippen LogP contribution in [0.3, 0.4) is 0 Å². The third-order valence-electron chi connectivity index (χ3n) is 2.70. The van der Waals surface area contributed by atoms with E-state index in [0.29, 0.717) is 5.69 Å². The van der Waals surface area contributed by atoms with Gasteiger partial charge in [0.15, 0.2) is 0 Å². The highest BCUT2D eigenvalue weighted by atomic mass is 35.5. The fourth-order valence-corrected chi connectivity index (χ4v) is 1.76. The maximum atomic E-state index is 13.6. The zero-order valence-electron chi connectivity index (χ0n) is 10.2. The van der Waals surface area contributed by atoms with Gasteiger partial charge in [0.05, 0.1) is 10.6 Å². The van der Waals surface area contributed by atoms with Gasteiger partial charge in [-0.1, -0.05) is 11.6 Å². The number of hydrogen-bond donors (Lipinski definition) is 2. The Hall–Kier alpha value is -2.14. The molecule has 2 N–H and O–H groups in total. The fraction of sp³-hybridized carbons (Fsp3) is 0.0714. The average molecular weight is 298 g/mol. The highest BCUT2D eigenvalue weighted by molar-refractivity contribution is 6.30. The van der Waals surface area contributed by atoms with E-state index in [4.69, 9.17) is 16.7 Å². The second-order valence-electron chi connectivity index (χ2n) is 4.09. The van der Waals surface area contributed by atoms with Crippen LogP contribution in [-0.4, -0.2) is 11.1 Å². The van der Waals surface area contributed by atoms with Gasteiger partial charge in [0.1, 0.15) is 11.6 Å². The lowest BCUT2D eigenvalue weighted by Gasteiger charge is -2.09. The standard InChI is InChI=1S/C14H10ClF2NO2/c15-11-3-2-10(6-13(11)17)18-7-9-5-8(14(19)20)1-4-12(9)16/h1-6,18H,7H2,(H,19,20). The van der Waals surface area contributed by atoms with Crippen molar-refractivity contribution in [2.45, 2.75) is 6.54 Å². The van der Waals surface area contributed by atoms with Gasteiger partial charge in [-0.2, -0.15) is 0 Å². The van der Waals surface area contributed by atoms with Crippen molar-refractivity contribution >= 4 is 23.3 Å². The Morgan fingerprint density at radius 3 is 2.55 bits per heavy atom. The molecular weight excluding hydrogens is 288 g/mol. The predicted octanol–water partition coefficient (Wildman–Crippen LogP) is 3.93. The molecule has 20 heavy (non-hydrogen) atoms. The summed E-state index contributed by atoms with van der Waals surface area (Å²) in [5, 5.41) is 11.6. The quantitative estimate of drug-likeness (QED) is 0.899. The molecule has 2 rings (SSSR count). The molecule has 0 heterocycles. The van der Waals surface area contributed by atoms with E-state index in [1.165, 1.54) is 24.3 Å². The topological polar surface area (TPSA) is 49.3 Å². The van der Waals surface area contributed by atoms with Crippen LogP contribution in [0.1, 0.15) is 15.9 Å². The van der Waals surface area contributed by atoms with Crippen LogP contribution >= 0.6 is 11.6 Å². The summed E-state index contributed by atoms with van der Waals surface area (Å²) in [5.41, 5.74) is 0.595. The minimum atomic E-state index is -1.14. The molecule has 0 aliphatic rings. The molecule has 0 fully saturated rings. The Kier molecular flexibility index (Phi) is 4.20. The molecule has 0 spiro atoms. The summed E-state index contributed by atoms with van der Waals surface area (Å²) in [4.78, 5) is 10.8. The molecule has 0 amide bonds. The van der Waals surface area contributed by atoms with Crippen molar-refractivity contribution in [2.75, 3.05) is 5.32 Å². The fourth-order valence-electron chi connectivity index (χ4n) is 1.65. The van der Waals surface area contributed by atoms with Crippen molar-refractivity contribution in [3.8, 4) is 0 Å². The second kappa shape index (κ2) is 5.88. The molecule has 104 valence electrons. The summed E-state index contributed by atoms with van der Waals surface area (Å²) in [5.74, 6) is -2.25. The van der Waals surface area contributed by atoms with Gasteiger partial charge in [0, 0.05) is 17.8 Å². The molecule has 2 aromatic carbocycles. The summed E-state index contributed by atoms with van der Waals surface area (Å²) in [7, 11) is 0. The first kappa shape index (κ1) is 14.3. The number of nitrogens with one attached hydrogen (secondary N) is 1. The molecule has 0 aliphatic carbocycles. The summed E-state index contributed by atoms with van der Waals surface area (Å²) in [6.07, 6.45) is 0. The van der Waals surface area contributed by atoms with E-state index in [1.807, 2.05) is 0 Å². The maximum absolute atomic E-state index is 13.6. The number of aromatic carboxylic acids is 1. The number of halogens is 3. The van der Waals surface area contributed by atoms with E-state index in [1.54, 1.807) is 6.07 Å². The van der Waals surface area contributed by atoms with Crippen LogP contribution in [0, 0.1) is 11.6 Å². The molecule has 0 unspecified atom stereocenters. The minimum Gasteiger partial charge on any atom is -0.478 e. The van der Waals surface area contributed by atoms with Gasteiger partial charge < -0.3 is 10.4 Å². The highest BCUT2D eigenvalue weighted by Crippen LogP contribution is 2.20. The van der Waals surface area contributed by atoms with Crippen LogP contribution in [0.4, 0.5) is 14.5 Å². The van der Waals surface area contributed by atoms with Crippen molar-refractivity contribution in [2.24, 2.45) is 0 Å². The second-order valence-corrected chi connectivity index (χ2v) is 4.50. The van der Waals surface area contributed by atoms with Crippen LogP contribution in [0.5, 0.6) is 0 Å². The Balaban J connectivity index is 2.15. The zero-order chi connectivity index (χ0) is 14.7. The number of hydrogen-bond acceptors (Lipinski definition) is 2. The van der Waals surface area contributed by atoms with Gasteiger partial charge in [0.25, 0.3) is 0 Å². The summed E-state index contributed by atoms with van der Waals surface area (Å²) < 4.78 is 26.8. The van der Waals surface area contributed by atoms with E-state index < -0.39 is 17.6 Å². The van der Waals surface area contributed by atoms with Crippen molar-refractivity contribution in [3.05, 3.63) is 64.2 Å². The van der Waals surface area contributed by atoms with Crippen LogP contribution in [-0.2, 0) is 6.54 Å². The highest BCUT2D eigenvalue weighted by Gasteiger charge is 2.08. The molecule has 0 saturated carbocycles. The molecule has 0 bridgehead atoms. The third kappa shape index (κ3) is 3.24. The summed E-state index contributed by atoms with van der Waals surface area (Å²) >= 11 is 5.55. The molecule has 6 heteroatoms. The lowest BCUT2D eigenvalue weighted by atomic mass is 10.1. The van der Waals surface area contributed by atoms with Crippen molar-refractivity contribution in [1.82, 2.24) is 0 Å². The van der Waals surface area contributed by atoms with E-state index in [9.17, 15) is 13.6 Å². The van der Waals surface area contributed by atoms with Gasteiger partial charge in [-0.3, -0.25) is 0 Å². The maximum Gasteiger partial charge on any atom is 0.335 e. The lowest BCUT2D eigenvalue weighted by Crippen LogP contribution is -2.05. The van der Waals surface area contributed by atoms with E-state index in [0.717, 1.165) is 6.07 Å². The Morgan fingerprint density at radius 1 is 1.15 bits per heavy atom. The predicted molar refractivity (Wildman–Crippen MR) is 72.1 cm³/mol. The van der Waals surface area contributed by atoms with E-state index >= 15 is 0 Å². The lowest BCUT2D eigenvalue weighted by molar-refractivity contribution is 0.0696. The Morgan fingerprint density at radius 2 is 1.90 bits per heavy atom. The molecule has 3 nitrogen and oxygen atoms in total. The van der Waals surface area contributed by atoms with Crippen LogP contribution in [0.2, 0.25) is 5.02 Å². The van der Waals surface area contributed by atoms with Crippen LogP contribution in [0.15, 0.2) is 36.4 Å². The number of carboxylic acid groups (broad SMARTS) is 1. The van der Waals surface area contributed by atoms with Gasteiger partial charge >= 0.3 is 5.97 Å². The minimum absolute atomic E-state index is 0.00500. The molecule has 0 radical (unpaired) electrons. The zero-order valence-corrected chi connectivity index (χ0v) is 10.9. The molecule has 0 aromatic heterocycles. The third-order valence-corrected chi connectivity index (χ3v) is 3.00. The summed E-state index contributed by atoms with van der Waals surface area (Å²) in [6.45, 7) is 0.0357. The van der Waals surface area contributed by atoms with Gasteiger partial charge in [-0.15, -0.1) is 0 Å². The first-order valence-corrected chi connectivity index (χ1v) is 6.06. The van der Waals surface area contributed by atoms with Crippen LogP contribution < -0.4 is 5.32 Å². The molecule has 0 atom stereocenters. The smallest absolute Gasteiger partial charge is 0.335 e. The first-order chi connectivity index (χ1) is 9.47. The van der Waals surface area contributed by atoms with Crippen molar-refractivity contribution in [3.63, 3.8) is 0 Å². The Labute approximate surface area is 118 Å². The summed E-state index contributed by atoms with van der Waals surface area (Å²) in [6, 6.07) is 7.61. The number of carboxylic acids is 1. The average Bonchev–Trinajstić information content (AvgIpc) is 2.41. The monoisotopic (exact) mass is 297 g/mol. The van der Waals surface area contributed by atoms with Gasteiger partial charge in [0.2, 0.25) is 0 Å². The molecular formula is C14H10ClF2NO2. The normalized spacial score (nSPS) is 10.3.